The van der Waals surface area contributed by atoms with Gasteiger partial charge in [0.15, 0.2) is 0 Å². The van der Waals surface area contributed by atoms with E-state index in [0.29, 0.717) is 40.1 Å². The Balaban J connectivity index is 0.00000461. The van der Waals surface area contributed by atoms with Gasteiger partial charge in [0.05, 0.1) is 12.1 Å². The molecule has 0 aliphatic carbocycles. The normalized spacial score (nSPS) is 12.3. The van der Waals surface area contributed by atoms with Gasteiger partial charge in [0.25, 0.3) is 5.91 Å². The number of aromatic amines is 1. The van der Waals surface area contributed by atoms with Crippen molar-refractivity contribution in [1.82, 2.24) is 20.6 Å². The van der Waals surface area contributed by atoms with Crippen molar-refractivity contribution in [3.63, 3.8) is 0 Å². The number of carboxylic acid groups (broad SMARTS) is 1. The minimum absolute atomic E-state index is 0. The van der Waals surface area contributed by atoms with E-state index in [0.717, 1.165) is 16.5 Å². The van der Waals surface area contributed by atoms with Crippen LogP contribution in [0.15, 0.2) is 85.2 Å². The van der Waals surface area contributed by atoms with Crippen LogP contribution in [0, 0.1) is 0 Å². The molecule has 0 bridgehead atoms. The molecule has 3 aromatic carbocycles. The number of H-pyrrole nitrogens is 1. The number of pyridine rings is 1. The summed E-state index contributed by atoms with van der Waals surface area (Å²) >= 11 is 0. The van der Waals surface area contributed by atoms with Crippen molar-refractivity contribution < 1.29 is 63.9 Å². The second-order valence-corrected chi connectivity index (χ2v) is 10.3. The van der Waals surface area contributed by atoms with E-state index in [9.17, 15) is 24.9 Å². The number of amides is 1. The predicted octanol–water partition coefficient (Wildman–Crippen LogP) is -0.685. The molecule has 12 heteroatoms. The van der Waals surface area contributed by atoms with Crippen LogP contribution in [0.5, 0.6) is 17.2 Å². The monoisotopic (exact) mass is 620 g/mol. The molecule has 2 atom stereocenters. The van der Waals surface area contributed by atoms with Crippen LogP contribution in [-0.4, -0.2) is 70.5 Å². The van der Waals surface area contributed by atoms with E-state index in [1.54, 1.807) is 30.5 Å². The number of hydrogen-bond acceptors (Lipinski definition) is 9. The third kappa shape index (κ3) is 9.27. The average Bonchev–Trinajstić information content (AvgIpc) is 3.52. The number of carboxylic acids is 1. The third-order valence-corrected chi connectivity index (χ3v) is 7.06. The van der Waals surface area contributed by atoms with Crippen LogP contribution in [0.2, 0.25) is 0 Å². The number of nitrogens with one attached hydrogen (secondary N) is 3. The number of ether oxygens (including phenoxy) is 2. The Kier molecular flexibility index (Phi) is 12.3. The summed E-state index contributed by atoms with van der Waals surface area (Å²) in [6.45, 7) is 0.247. The van der Waals surface area contributed by atoms with Crippen LogP contribution >= 0.6 is 0 Å². The largest absolute Gasteiger partial charge is 1.00 e. The number of hydrogen-bond donors (Lipinski definition) is 5. The van der Waals surface area contributed by atoms with E-state index >= 15 is 0 Å². The quantitative estimate of drug-likeness (QED) is 0.0952. The zero-order valence-corrected chi connectivity index (χ0v) is 26.9. The van der Waals surface area contributed by atoms with Crippen molar-refractivity contribution in [2.45, 2.75) is 25.0 Å². The summed E-state index contributed by atoms with van der Waals surface area (Å²) < 4.78 is 11.9. The SMILES string of the molecule is O=C([O-])CCNC(=O)c1ccc2c(Oc3ccc(C[C@@H](CO)NC[C@H](O)COc4cccc5[nH]ccc45)cc3)ccnc2c1.[Na+]. The number of aromatic nitrogens is 2. The maximum Gasteiger partial charge on any atom is 1.00 e. The van der Waals surface area contributed by atoms with Crippen LogP contribution < -0.4 is 54.8 Å². The smallest absolute Gasteiger partial charge is 0.550 e. The molecule has 0 saturated heterocycles. The van der Waals surface area contributed by atoms with Crippen molar-refractivity contribution in [2.24, 2.45) is 0 Å². The van der Waals surface area contributed by atoms with Crippen molar-refractivity contribution in [2.75, 3.05) is 26.3 Å². The van der Waals surface area contributed by atoms with Gasteiger partial charge in [-0.05, 0) is 66.6 Å². The van der Waals surface area contributed by atoms with Gasteiger partial charge < -0.3 is 45.2 Å². The van der Waals surface area contributed by atoms with Gasteiger partial charge in [0.1, 0.15) is 30.0 Å². The Labute approximate surface area is 281 Å². The Morgan fingerprint density at radius 1 is 1.00 bits per heavy atom. The van der Waals surface area contributed by atoms with Crippen LogP contribution in [0.3, 0.4) is 0 Å². The van der Waals surface area contributed by atoms with E-state index in [4.69, 9.17) is 9.47 Å². The molecular weight excluding hydrogens is 587 g/mol. The van der Waals surface area contributed by atoms with E-state index in [-0.39, 0.29) is 68.3 Å². The van der Waals surface area contributed by atoms with E-state index in [1.165, 1.54) is 0 Å². The van der Waals surface area contributed by atoms with Crippen molar-refractivity contribution in [1.29, 1.82) is 0 Å². The summed E-state index contributed by atoms with van der Waals surface area (Å²) in [5.41, 5.74) is 2.85. The Morgan fingerprint density at radius 3 is 2.60 bits per heavy atom. The first-order chi connectivity index (χ1) is 21.4. The number of carbonyl (C=O) groups excluding carboxylic acids is 2. The third-order valence-electron chi connectivity index (χ3n) is 7.06. The molecule has 2 heterocycles. The number of rotatable bonds is 15. The minimum Gasteiger partial charge on any atom is -0.550 e. The van der Waals surface area contributed by atoms with Crippen LogP contribution in [0.4, 0.5) is 0 Å². The maximum atomic E-state index is 12.3. The average molecular weight is 621 g/mol. The predicted molar refractivity (Wildman–Crippen MR) is 163 cm³/mol. The molecule has 0 unspecified atom stereocenters. The number of fused-ring (bicyclic) bond motifs is 2. The maximum absolute atomic E-state index is 12.3. The molecule has 11 nitrogen and oxygen atoms in total. The topological polar surface area (TPSA) is 169 Å². The summed E-state index contributed by atoms with van der Waals surface area (Å²) in [5, 5.41) is 38.3. The van der Waals surface area contributed by atoms with Gasteiger partial charge in [-0.25, -0.2) is 0 Å². The first-order valence-electron chi connectivity index (χ1n) is 14.2. The van der Waals surface area contributed by atoms with Crippen molar-refractivity contribution in [3.8, 4) is 17.2 Å². The number of aliphatic carboxylic acids is 1. The molecule has 45 heavy (non-hydrogen) atoms. The fourth-order valence-corrected chi connectivity index (χ4v) is 4.77. The second-order valence-electron chi connectivity index (χ2n) is 10.3. The van der Waals surface area contributed by atoms with Gasteiger partial charge in [0.2, 0.25) is 0 Å². The van der Waals surface area contributed by atoms with Gasteiger partial charge in [0, 0.05) is 65.8 Å². The molecular formula is C33H33N4NaO7. The fourth-order valence-electron chi connectivity index (χ4n) is 4.77. The molecule has 0 spiro atoms. The molecule has 2 aromatic heterocycles. The van der Waals surface area contributed by atoms with E-state index in [2.05, 4.69) is 20.6 Å². The molecule has 1 amide bonds. The Bertz CT molecular complexity index is 1730. The first-order valence-corrected chi connectivity index (χ1v) is 14.2. The Morgan fingerprint density at radius 2 is 1.82 bits per heavy atom. The zero-order chi connectivity index (χ0) is 30.9. The number of benzene rings is 3. The molecule has 228 valence electrons. The number of aliphatic hydroxyl groups excluding tert-OH is 2. The summed E-state index contributed by atoms with van der Waals surface area (Å²) in [6.07, 6.45) is 2.94. The molecule has 0 radical (unpaired) electrons. The summed E-state index contributed by atoms with van der Waals surface area (Å²) in [7, 11) is 0. The number of nitrogens with zero attached hydrogens (tertiary/aromatic N) is 1. The fraction of sp³-hybridized carbons (Fsp3) is 0.242. The summed E-state index contributed by atoms with van der Waals surface area (Å²) in [5.74, 6) is 0.225. The standard InChI is InChI=1S/C33H34N4O7.Na/c38-19-23(37-18-24(39)20-43-30-3-1-2-28-27(30)10-13-34-28)16-21-4-7-25(8-5-21)44-31-11-14-35-29-17-22(6-9-26(29)31)33(42)36-15-12-32(40)41;/h1-11,13-14,17,23-24,34,37-39H,12,15-16,18-20H2,(H,36,42)(H,40,41);/q;+1/p-1/t23-,24-;/m0./s1. The molecule has 0 aliphatic heterocycles. The molecule has 5 rings (SSSR count). The molecule has 5 N–H and O–H groups in total. The Hall–Kier alpha value is -3.97. The van der Waals surface area contributed by atoms with E-state index in [1.807, 2.05) is 54.7 Å². The van der Waals surface area contributed by atoms with Crippen molar-refractivity contribution >= 4 is 33.7 Å². The van der Waals surface area contributed by atoms with E-state index < -0.39 is 18.0 Å². The molecule has 5 aromatic rings. The molecule has 0 saturated carbocycles. The zero-order valence-electron chi connectivity index (χ0n) is 24.9. The summed E-state index contributed by atoms with van der Waals surface area (Å²) in [6, 6.07) is 21.6. The van der Waals surface area contributed by atoms with Gasteiger partial charge in [-0.15, -0.1) is 0 Å². The minimum atomic E-state index is -1.23. The molecule has 0 fully saturated rings. The van der Waals surface area contributed by atoms with Gasteiger partial charge >= 0.3 is 29.6 Å². The summed E-state index contributed by atoms with van der Waals surface area (Å²) in [4.78, 5) is 30.4. The molecule has 0 aliphatic rings. The second kappa shape index (κ2) is 16.4. The van der Waals surface area contributed by atoms with Crippen LogP contribution in [0.1, 0.15) is 22.3 Å². The van der Waals surface area contributed by atoms with Crippen LogP contribution in [0.25, 0.3) is 21.8 Å². The van der Waals surface area contributed by atoms with Crippen molar-refractivity contribution in [3.05, 3.63) is 96.3 Å². The first kappa shape index (κ1) is 33.9. The van der Waals surface area contributed by atoms with Gasteiger partial charge in [-0.3, -0.25) is 9.78 Å². The van der Waals surface area contributed by atoms with Gasteiger partial charge in [-0.2, -0.15) is 0 Å². The van der Waals surface area contributed by atoms with Gasteiger partial charge in [-0.1, -0.05) is 18.2 Å². The number of aliphatic hydroxyl groups is 2. The van der Waals surface area contributed by atoms with Crippen LogP contribution in [-0.2, 0) is 11.2 Å². The number of carbonyl (C=O) groups is 2.